The monoisotopic (exact) mass is 166 g/mol. The van der Waals surface area contributed by atoms with Gasteiger partial charge in [0.25, 0.3) is 10.1 Å². The first-order chi connectivity index (χ1) is 4.41. The molecule has 0 aromatic carbocycles. The number of ether oxygens (including phenoxy) is 1. The summed E-state index contributed by atoms with van der Waals surface area (Å²) in [6.45, 7) is 3.67. The first kappa shape index (κ1) is 7.97. The fourth-order valence-electron chi connectivity index (χ4n) is 0.539. The smallest absolute Gasteiger partial charge is 0.291 e. The summed E-state index contributed by atoms with van der Waals surface area (Å²) >= 11 is 0. The van der Waals surface area contributed by atoms with Crippen LogP contribution in [0.2, 0.25) is 0 Å². The van der Waals surface area contributed by atoms with Gasteiger partial charge in [-0.25, -0.2) is 0 Å². The summed E-state index contributed by atoms with van der Waals surface area (Å²) in [7, 11) is -3.38. The summed E-state index contributed by atoms with van der Waals surface area (Å²) in [5.41, 5.74) is -0.467. The van der Waals surface area contributed by atoms with E-state index >= 15 is 0 Å². The summed E-state index contributed by atoms with van der Waals surface area (Å²) in [5.74, 6) is -0.333. The Balaban J connectivity index is 2.63. The van der Waals surface area contributed by atoms with E-state index in [0.29, 0.717) is 0 Å². The van der Waals surface area contributed by atoms with Gasteiger partial charge < -0.3 is 4.74 Å². The van der Waals surface area contributed by atoms with Gasteiger partial charge in [0.15, 0.2) is 5.94 Å². The van der Waals surface area contributed by atoms with Gasteiger partial charge in [-0.05, 0) is 13.8 Å². The molecule has 0 aliphatic carbocycles. The van der Waals surface area contributed by atoms with E-state index in [1.54, 1.807) is 13.8 Å². The van der Waals surface area contributed by atoms with Crippen LogP contribution in [0.15, 0.2) is 0 Å². The van der Waals surface area contributed by atoms with Gasteiger partial charge in [0.05, 0.1) is 12.2 Å². The topological polar surface area (TPSA) is 52.6 Å². The molecule has 1 aliphatic rings. The van der Waals surface area contributed by atoms with Crippen molar-refractivity contribution in [1.82, 2.24) is 0 Å². The van der Waals surface area contributed by atoms with Gasteiger partial charge in [-0.2, -0.15) is 8.42 Å². The lowest BCUT2D eigenvalue weighted by molar-refractivity contribution is -0.0488. The van der Waals surface area contributed by atoms with Crippen molar-refractivity contribution < 1.29 is 17.3 Å². The molecule has 1 aliphatic heterocycles. The minimum absolute atomic E-state index is 0.106. The third-order valence-electron chi connectivity index (χ3n) is 1.18. The minimum Gasteiger partial charge on any atom is -0.355 e. The quantitative estimate of drug-likeness (QED) is 0.479. The van der Waals surface area contributed by atoms with Crippen molar-refractivity contribution in [2.75, 3.05) is 12.5 Å². The number of hydrogen-bond acceptors (Lipinski definition) is 4. The zero-order valence-corrected chi connectivity index (χ0v) is 6.77. The summed E-state index contributed by atoms with van der Waals surface area (Å²) in [4.78, 5) is 0. The van der Waals surface area contributed by atoms with Gasteiger partial charge in [-0.3, -0.25) is 4.18 Å². The lowest BCUT2D eigenvalue weighted by atomic mass is 10.2. The Labute approximate surface area is 60.3 Å². The van der Waals surface area contributed by atoms with E-state index in [0.717, 1.165) is 0 Å². The summed E-state index contributed by atoms with van der Waals surface area (Å²) < 4.78 is 30.7. The summed E-state index contributed by atoms with van der Waals surface area (Å²) in [6, 6.07) is 0. The zero-order chi connectivity index (χ0) is 7.83. The number of rotatable bonds is 0. The van der Waals surface area contributed by atoms with Crippen LogP contribution < -0.4 is 0 Å². The summed E-state index contributed by atoms with van der Waals surface area (Å²) in [6.07, 6.45) is 0. The molecule has 4 nitrogen and oxygen atoms in total. The van der Waals surface area contributed by atoms with Crippen LogP contribution in [0.5, 0.6) is 0 Å². The highest BCUT2D eigenvalue weighted by atomic mass is 32.2. The molecule has 0 aromatic rings. The lowest BCUT2D eigenvalue weighted by Gasteiger charge is -2.28. The first-order valence-electron chi connectivity index (χ1n) is 2.92. The van der Waals surface area contributed by atoms with Crippen molar-refractivity contribution in [2.45, 2.75) is 19.4 Å². The molecule has 0 unspecified atom stereocenters. The molecule has 0 N–H and O–H groups in total. The molecule has 0 radical (unpaired) electrons. The third kappa shape index (κ3) is 1.93. The van der Waals surface area contributed by atoms with Crippen LogP contribution in [-0.2, 0) is 19.0 Å². The number of hydrogen-bond donors (Lipinski definition) is 0. The van der Waals surface area contributed by atoms with Gasteiger partial charge in [0, 0.05) is 0 Å². The maximum atomic E-state index is 10.6. The third-order valence-corrected chi connectivity index (χ3v) is 2.06. The average molecular weight is 166 g/mol. The molecular weight excluding hydrogens is 156 g/mol. The molecule has 1 saturated heterocycles. The van der Waals surface area contributed by atoms with Crippen molar-refractivity contribution >= 4 is 10.1 Å². The molecular formula is C5H10O4S. The molecule has 5 heteroatoms. The molecule has 0 aromatic heterocycles. The highest BCUT2D eigenvalue weighted by molar-refractivity contribution is 7.86. The predicted octanol–water partition coefficient (Wildman–Crippen LogP) is 0.0991. The second kappa shape index (κ2) is 2.18. The Bertz CT molecular complexity index is 200. The SMILES string of the molecule is CC1(C)COS(=O)(=O)CO1. The molecule has 1 fully saturated rings. The van der Waals surface area contributed by atoms with Gasteiger partial charge in [0.1, 0.15) is 0 Å². The maximum absolute atomic E-state index is 10.6. The average Bonchev–Trinajstić information content (AvgIpc) is 1.79. The Morgan fingerprint density at radius 2 is 2.00 bits per heavy atom. The Kier molecular flexibility index (Phi) is 1.74. The molecule has 0 bridgehead atoms. The Morgan fingerprint density at radius 3 is 2.30 bits per heavy atom. The van der Waals surface area contributed by atoms with Crippen LogP contribution in [0.3, 0.4) is 0 Å². The normalized spacial score (nSPS) is 29.8. The van der Waals surface area contributed by atoms with Crippen molar-refractivity contribution in [3.63, 3.8) is 0 Å². The molecule has 0 amide bonds. The molecule has 0 spiro atoms. The van der Waals surface area contributed by atoms with E-state index < -0.39 is 15.7 Å². The van der Waals surface area contributed by atoms with Crippen molar-refractivity contribution in [1.29, 1.82) is 0 Å². The van der Waals surface area contributed by atoms with Crippen LogP contribution in [0.25, 0.3) is 0 Å². The van der Waals surface area contributed by atoms with Crippen molar-refractivity contribution in [3.05, 3.63) is 0 Å². The van der Waals surface area contributed by atoms with E-state index in [1.807, 2.05) is 0 Å². The van der Waals surface area contributed by atoms with E-state index in [9.17, 15) is 8.42 Å². The van der Waals surface area contributed by atoms with Crippen LogP contribution in [-0.4, -0.2) is 26.6 Å². The van der Waals surface area contributed by atoms with E-state index in [2.05, 4.69) is 4.18 Å². The van der Waals surface area contributed by atoms with E-state index in [4.69, 9.17) is 4.74 Å². The van der Waals surface area contributed by atoms with Crippen LogP contribution in [0.1, 0.15) is 13.8 Å². The molecule has 1 heterocycles. The second-order valence-electron chi connectivity index (χ2n) is 2.84. The van der Waals surface area contributed by atoms with Crippen LogP contribution in [0, 0.1) is 0 Å². The first-order valence-corrected chi connectivity index (χ1v) is 4.50. The van der Waals surface area contributed by atoms with E-state index in [1.165, 1.54) is 0 Å². The molecule has 0 saturated carbocycles. The Morgan fingerprint density at radius 1 is 1.40 bits per heavy atom. The van der Waals surface area contributed by atoms with Crippen LogP contribution in [0.4, 0.5) is 0 Å². The fourth-order valence-corrected chi connectivity index (χ4v) is 1.53. The lowest BCUT2D eigenvalue weighted by Crippen LogP contribution is -2.39. The molecule has 0 atom stereocenters. The van der Waals surface area contributed by atoms with Gasteiger partial charge in [0.2, 0.25) is 0 Å². The summed E-state index contributed by atoms with van der Waals surface area (Å²) in [5, 5.41) is 0. The van der Waals surface area contributed by atoms with Gasteiger partial charge in [-0.15, -0.1) is 0 Å². The predicted molar refractivity (Wildman–Crippen MR) is 34.9 cm³/mol. The van der Waals surface area contributed by atoms with Crippen molar-refractivity contribution in [2.24, 2.45) is 0 Å². The highest BCUT2D eigenvalue weighted by Crippen LogP contribution is 2.17. The molecule has 10 heavy (non-hydrogen) atoms. The largest absolute Gasteiger partial charge is 0.355 e. The Hall–Kier alpha value is -0.130. The van der Waals surface area contributed by atoms with Gasteiger partial charge >= 0.3 is 0 Å². The highest BCUT2D eigenvalue weighted by Gasteiger charge is 2.30. The van der Waals surface area contributed by atoms with E-state index in [-0.39, 0.29) is 12.5 Å². The van der Waals surface area contributed by atoms with Gasteiger partial charge in [-0.1, -0.05) is 0 Å². The standard InChI is InChI=1S/C5H10O4S/c1-5(2)3-9-10(6,7)4-8-5/h3-4H2,1-2H3. The van der Waals surface area contributed by atoms with Crippen molar-refractivity contribution in [3.8, 4) is 0 Å². The molecule has 60 valence electrons. The maximum Gasteiger partial charge on any atom is 0.291 e. The molecule has 1 rings (SSSR count). The van der Waals surface area contributed by atoms with Crippen LogP contribution >= 0.6 is 0 Å². The zero-order valence-electron chi connectivity index (χ0n) is 5.96. The minimum atomic E-state index is -3.38. The fraction of sp³-hybridized carbons (Fsp3) is 1.00. The second-order valence-corrected chi connectivity index (χ2v) is 4.43.